The zero-order valence-electron chi connectivity index (χ0n) is 14.8. The highest BCUT2D eigenvalue weighted by Crippen LogP contribution is 2.21. The van der Waals surface area contributed by atoms with Gasteiger partial charge < -0.3 is 14.8 Å². The van der Waals surface area contributed by atoms with Crippen molar-refractivity contribution in [2.45, 2.75) is 25.7 Å². The molecule has 0 bridgehead atoms. The molecule has 3 aromatic rings. The molecule has 1 aliphatic heterocycles. The monoisotopic (exact) mass is 360 g/mol. The van der Waals surface area contributed by atoms with Crippen molar-refractivity contribution >= 4 is 11.8 Å². The molecule has 0 spiro atoms. The zero-order chi connectivity index (χ0) is 18.6. The second kappa shape index (κ2) is 7.45. The van der Waals surface area contributed by atoms with Gasteiger partial charge in [-0.3, -0.25) is 14.6 Å². The van der Waals surface area contributed by atoms with Crippen LogP contribution in [0.2, 0.25) is 0 Å². The predicted molar refractivity (Wildman–Crippen MR) is 101 cm³/mol. The van der Waals surface area contributed by atoms with Crippen molar-refractivity contribution in [3.8, 4) is 0 Å². The van der Waals surface area contributed by atoms with E-state index in [0.29, 0.717) is 25.3 Å². The van der Waals surface area contributed by atoms with E-state index >= 15 is 0 Å². The summed E-state index contributed by atoms with van der Waals surface area (Å²) in [6.45, 7) is 1.23. The van der Waals surface area contributed by atoms with E-state index in [-0.39, 0.29) is 11.8 Å². The third-order valence-corrected chi connectivity index (χ3v) is 4.74. The van der Waals surface area contributed by atoms with Crippen LogP contribution in [0.4, 0.5) is 0 Å². The molecule has 1 N–H and O–H groups in total. The number of hydrogen-bond acceptors (Lipinski definition) is 3. The molecular formula is C21H20N4O2. The van der Waals surface area contributed by atoms with Gasteiger partial charge in [-0.15, -0.1) is 0 Å². The van der Waals surface area contributed by atoms with Gasteiger partial charge in [-0.2, -0.15) is 0 Å². The fourth-order valence-electron chi connectivity index (χ4n) is 3.34. The van der Waals surface area contributed by atoms with Gasteiger partial charge in [0.25, 0.3) is 5.91 Å². The summed E-state index contributed by atoms with van der Waals surface area (Å²) < 4.78 is 1.85. The lowest BCUT2D eigenvalue weighted by atomic mass is 10.1. The van der Waals surface area contributed by atoms with Crippen molar-refractivity contribution in [1.29, 1.82) is 0 Å². The average Bonchev–Trinajstić information content (AvgIpc) is 3.19. The number of rotatable bonds is 5. The number of benzene rings is 1. The molecule has 27 heavy (non-hydrogen) atoms. The maximum absolute atomic E-state index is 13.0. The third-order valence-electron chi connectivity index (χ3n) is 4.74. The number of carbonyl (C=O) groups is 2. The van der Waals surface area contributed by atoms with Crippen molar-refractivity contribution in [3.63, 3.8) is 0 Å². The van der Waals surface area contributed by atoms with E-state index in [1.54, 1.807) is 23.4 Å². The highest BCUT2D eigenvalue weighted by Gasteiger charge is 2.36. The fraction of sp³-hybridized carbons (Fsp3) is 0.190. The maximum Gasteiger partial charge on any atom is 0.271 e. The Labute approximate surface area is 157 Å². The number of nitrogens with zero attached hydrogens (tertiary/aromatic N) is 3. The number of nitrogens with one attached hydrogen (secondary N) is 1. The van der Waals surface area contributed by atoms with Gasteiger partial charge >= 0.3 is 0 Å². The van der Waals surface area contributed by atoms with Gasteiger partial charge in [0.2, 0.25) is 5.91 Å². The average molecular weight is 360 g/mol. The van der Waals surface area contributed by atoms with Crippen LogP contribution < -0.4 is 5.32 Å². The van der Waals surface area contributed by atoms with Crippen LogP contribution in [0.5, 0.6) is 0 Å². The Bertz CT molecular complexity index is 937. The van der Waals surface area contributed by atoms with Gasteiger partial charge in [0, 0.05) is 31.7 Å². The summed E-state index contributed by atoms with van der Waals surface area (Å²) in [7, 11) is 0. The number of hydrogen-bond donors (Lipinski definition) is 1. The Kier molecular flexibility index (Phi) is 4.70. The lowest BCUT2D eigenvalue weighted by Gasteiger charge is -2.35. The van der Waals surface area contributed by atoms with Gasteiger partial charge in [0.1, 0.15) is 11.7 Å². The number of fused-ring (bicyclic) bond motifs is 1. The number of pyridine rings is 1. The smallest absolute Gasteiger partial charge is 0.271 e. The lowest BCUT2D eigenvalue weighted by Crippen LogP contribution is -2.54. The second-order valence-corrected chi connectivity index (χ2v) is 6.56. The summed E-state index contributed by atoms with van der Waals surface area (Å²) in [5.74, 6) is -0.292. The van der Waals surface area contributed by atoms with Gasteiger partial charge in [0.05, 0.1) is 6.54 Å². The highest BCUT2D eigenvalue weighted by atomic mass is 16.2. The zero-order valence-corrected chi connectivity index (χ0v) is 14.8. The maximum atomic E-state index is 13.0. The molecule has 1 aromatic carbocycles. The molecule has 1 atom stereocenters. The molecule has 4 rings (SSSR count). The molecule has 3 heterocycles. The molecule has 0 fully saturated rings. The minimum Gasteiger partial charge on any atom is -0.350 e. The van der Waals surface area contributed by atoms with E-state index in [9.17, 15) is 9.59 Å². The van der Waals surface area contributed by atoms with Gasteiger partial charge in [-0.25, -0.2) is 0 Å². The van der Waals surface area contributed by atoms with E-state index in [1.807, 2.05) is 59.3 Å². The van der Waals surface area contributed by atoms with Crippen LogP contribution in [0.25, 0.3) is 0 Å². The molecule has 2 aromatic heterocycles. The van der Waals surface area contributed by atoms with Crippen LogP contribution in [-0.4, -0.2) is 32.3 Å². The molecule has 1 aliphatic rings. The number of amides is 2. The standard InChI is InChI=1S/C21H20N4O2/c26-20(23-13-17-8-4-10-22-12-17)19-15-24-11-5-9-18(24)21(27)25(19)14-16-6-2-1-3-7-16/h1-12,19H,13-15H2,(H,23,26). The van der Waals surface area contributed by atoms with Crippen molar-refractivity contribution in [1.82, 2.24) is 19.8 Å². The van der Waals surface area contributed by atoms with Crippen molar-refractivity contribution < 1.29 is 9.59 Å². The summed E-state index contributed by atoms with van der Waals surface area (Å²) in [6.07, 6.45) is 5.26. The van der Waals surface area contributed by atoms with Crippen molar-refractivity contribution in [2.24, 2.45) is 0 Å². The van der Waals surface area contributed by atoms with Gasteiger partial charge in [-0.1, -0.05) is 36.4 Å². The van der Waals surface area contributed by atoms with Crippen molar-refractivity contribution in [2.75, 3.05) is 0 Å². The summed E-state index contributed by atoms with van der Waals surface area (Å²) in [6, 6.07) is 16.5. The number of aromatic nitrogens is 2. The first-order valence-corrected chi connectivity index (χ1v) is 8.89. The van der Waals surface area contributed by atoms with Crippen LogP contribution >= 0.6 is 0 Å². The van der Waals surface area contributed by atoms with Gasteiger partial charge in [0.15, 0.2) is 0 Å². The topological polar surface area (TPSA) is 67.2 Å². The lowest BCUT2D eigenvalue weighted by molar-refractivity contribution is -0.126. The summed E-state index contributed by atoms with van der Waals surface area (Å²) in [4.78, 5) is 31.6. The molecule has 0 saturated carbocycles. The SMILES string of the molecule is O=C(NCc1cccnc1)C1Cn2cccc2C(=O)N1Cc1ccccc1. The van der Waals surface area contributed by atoms with Crippen LogP contribution in [0.15, 0.2) is 73.2 Å². The molecule has 0 aliphatic carbocycles. The van der Waals surface area contributed by atoms with E-state index in [4.69, 9.17) is 0 Å². The quantitative estimate of drug-likeness (QED) is 0.759. The summed E-state index contributed by atoms with van der Waals surface area (Å²) in [5, 5.41) is 2.94. The Morgan fingerprint density at radius 3 is 2.67 bits per heavy atom. The predicted octanol–water partition coefficient (Wildman–Crippen LogP) is 2.22. The molecule has 6 nitrogen and oxygen atoms in total. The Hall–Kier alpha value is -3.41. The molecule has 0 radical (unpaired) electrons. The first-order valence-electron chi connectivity index (χ1n) is 8.89. The molecule has 2 amide bonds. The van der Waals surface area contributed by atoms with Gasteiger partial charge in [-0.05, 0) is 29.3 Å². The Balaban J connectivity index is 1.55. The largest absolute Gasteiger partial charge is 0.350 e. The normalized spacial score (nSPS) is 16.1. The molecule has 1 unspecified atom stereocenters. The first-order chi connectivity index (χ1) is 13.2. The van der Waals surface area contributed by atoms with Crippen LogP contribution in [-0.2, 0) is 24.4 Å². The Morgan fingerprint density at radius 2 is 1.89 bits per heavy atom. The number of carbonyl (C=O) groups excluding carboxylic acids is 2. The molecule has 136 valence electrons. The first kappa shape index (κ1) is 17.0. The van der Waals surface area contributed by atoms with E-state index in [0.717, 1.165) is 11.1 Å². The van der Waals surface area contributed by atoms with E-state index in [2.05, 4.69) is 10.3 Å². The fourth-order valence-corrected chi connectivity index (χ4v) is 3.34. The molecule has 0 saturated heterocycles. The minimum atomic E-state index is -0.561. The van der Waals surface area contributed by atoms with Crippen LogP contribution in [0, 0.1) is 0 Å². The molecule has 6 heteroatoms. The van der Waals surface area contributed by atoms with Crippen LogP contribution in [0.1, 0.15) is 21.6 Å². The Morgan fingerprint density at radius 1 is 1.07 bits per heavy atom. The summed E-state index contributed by atoms with van der Waals surface area (Å²) >= 11 is 0. The summed E-state index contributed by atoms with van der Waals surface area (Å²) in [5.41, 5.74) is 2.53. The second-order valence-electron chi connectivity index (χ2n) is 6.56. The van der Waals surface area contributed by atoms with E-state index in [1.165, 1.54) is 0 Å². The highest BCUT2D eigenvalue weighted by molar-refractivity contribution is 5.97. The van der Waals surface area contributed by atoms with Crippen molar-refractivity contribution in [3.05, 3.63) is 90.0 Å². The minimum absolute atomic E-state index is 0.128. The molecular weight excluding hydrogens is 340 g/mol. The van der Waals surface area contributed by atoms with E-state index < -0.39 is 6.04 Å². The third kappa shape index (κ3) is 3.60. The van der Waals surface area contributed by atoms with Crippen LogP contribution in [0.3, 0.4) is 0 Å².